The number of hydrogen-bond donors (Lipinski definition) is 0. The maximum atomic E-state index is 6.38. The van der Waals surface area contributed by atoms with Crippen LogP contribution in [0.1, 0.15) is 112 Å². The molecule has 0 rings (SSSR count). The average molecular weight is 373 g/mol. The maximum Gasteiger partial charge on any atom is 0.337 e. The molecule has 0 aliphatic rings. The van der Waals surface area contributed by atoms with Gasteiger partial charge in [0.05, 0.1) is 0 Å². The van der Waals surface area contributed by atoms with Gasteiger partial charge in [-0.2, -0.15) is 0 Å². The van der Waals surface area contributed by atoms with Gasteiger partial charge in [0.15, 0.2) is 0 Å². The van der Waals surface area contributed by atoms with Gasteiger partial charge in [0.25, 0.3) is 0 Å². The smallest absolute Gasteiger partial charge is 0.337 e. The first-order chi connectivity index (χ1) is 12.2. The highest BCUT2D eigenvalue weighted by molar-refractivity contribution is 6.67. The van der Waals surface area contributed by atoms with Crippen molar-refractivity contribution in [3.63, 3.8) is 0 Å². The van der Waals surface area contributed by atoms with Crippen LogP contribution in [-0.4, -0.2) is 21.8 Å². The van der Waals surface area contributed by atoms with Crippen LogP contribution in [0, 0.1) is 5.92 Å². The molecule has 0 saturated carbocycles. The SMILES string of the molecule is CCCCCCCCCCCCO[Si](CC)(CC)OCC(CC)CC. The second-order valence-electron chi connectivity index (χ2n) is 7.64. The first-order valence-electron chi connectivity index (χ1n) is 11.5. The number of rotatable bonds is 19. The lowest BCUT2D eigenvalue weighted by molar-refractivity contribution is 0.140. The highest BCUT2D eigenvalue weighted by Gasteiger charge is 2.33. The summed E-state index contributed by atoms with van der Waals surface area (Å²) < 4.78 is 12.7. The van der Waals surface area contributed by atoms with E-state index in [9.17, 15) is 0 Å². The summed E-state index contributed by atoms with van der Waals surface area (Å²) in [6.45, 7) is 13.1. The van der Waals surface area contributed by atoms with E-state index in [0.717, 1.165) is 25.3 Å². The third-order valence-electron chi connectivity index (χ3n) is 5.68. The Morgan fingerprint density at radius 1 is 0.600 bits per heavy atom. The van der Waals surface area contributed by atoms with Crippen LogP contribution in [-0.2, 0) is 8.85 Å². The fourth-order valence-corrected chi connectivity index (χ4v) is 5.80. The summed E-state index contributed by atoms with van der Waals surface area (Å²) in [6, 6.07) is 2.17. The summed E-state index contributed by atoms with van der Waals surface area (Å²) in [6.07, 6.45) is 16.2. The largest absolute Gasteiger partial charge is 0.394 e. The molecule has 0 aromatic heterocycles. The first-order valence-corrected chi connectivity index (χ1v) is 13.7. The molecule has 0 aromatic carbocycles. The summed E-state index contributed by atoms with van der Waals surface area (Å²) in [4.78, 5) is 0. The molecule has 0 aromatic rings. The van der Waals surface area contributed by atoms with Gasteiger partial charge >= 0.3 is 8.56 Å². The van der Waals surface area contributed by atoms with Gasteiger partial charge < -0.3 is 8.85 Å². The van der Waals surface area contributed by atoms with Crippen LogP contribution in [0.2, 0.25) is 12.1 Å². The summed E-state index contributed by atoms with van der Waals surface area (Å²) in [5.74, 6) is 0.700. The molecule has 0 heterocycles. The molecule has 25 heavy (non-hydrogen) atoms. The predicted octanol–water partition coefficient (Wildman–Crippen LogP) is 7.86. The quantitative estimate of drug-likeness (QED) is 0.170. The fraction of sp³-hybridized carbons (Fsp3) is 1.00. The Morgan fingerprint density at radius 2 is 1.08 bits per heavy atom. The number of hydrogen-bond acceptors (Lipinski definition) is 2. The summed E-state index contributed by atoms with van der Waals surface area (Å²) in [5, 5.41) is 0. The highest BCUT2D eigenvalue weighted by atomic mass is 28.4. The Labute approximate surface area is 160 Å². The predicted molar refractivity (Wildman–Crippen MR) is 115 cm³/mol. The van der Waals surface area contributed by atoms with Crippen molar-refractivity contribution in [3.8, 4) is 0 Å². The zero-order chi connectivity index (χ0) is 18.8. The molecule has 0 saturated heterocycles. The molecule has 0 unspecified atom stereocenters. The van der Waals surface area contributed by atoms with Crippen LogP contribution in [0.25, 0.3) is 0 Å². The van der Waals surface area contributed by atoms with Crippen LogP contribution in [0.3, 0.4) is 0 Å². The van der Waals surface area contributed by atoms with Gasteiger partial charge in [-0.05, 0) is 24.4 Å². The van der Waals surface area contributed by atoms with E-state index < -0.39 is 8.56 Å². The third-order valence-corrected chi connectivity index (χ3v) is 9.25. The number of unbranched alkanes of at least 4 members (excludes halogenated alkanes) is 9. The Hall–Kier alpha value is 0.137. The van der Waals surface area contributed by atoms with Crippen LogP contribution in [0.5, 0.6) is 0 Å². The molecule has 0 radical (unpaired) electrons. The van der Waals surface area contributed by atoms with E-state index in [1.165, 1.54) is 77.0 Å². The second kappa shape index (κ2) is 17.5. The Bertz CT molecular complexity index is 263. The van der Waals surface area contributed by atoms with Gasteiger partial charge in [-0.25, -0.2) is 0 Å². The molecule has 0 bridgehead atoms. The maximum absolute atomic E-state index is 6.38. The normalized spacial score (nSPS) is 12.2. The minimum absolute atomic E-state index is 0.700. The van der Waals surface area contributed by atoms with Crippen LogP contribution < -0.4 is 0 Å². The van der Waals surface area contributed by atoms with Gasteiger partial charge in [0.2, 0.25) is 0 Å². The van der Waals surface area contributed by atoms with Gasteiger partial charge in [-0.3, -0.25) is 0 Å². The van der Waals surface area contributed by atoms with Crippen molar-refractivity contribution < 1.29 is 8.85 Å². The van der Waals surface area contributed by atoms with E-state index in [4.69, 9.17) is 8.85 Å². The minimum Gasteiger partial charge on any atom is -0.394 e. The molecule has 0 N–H and O–H groups in total. The van der Waals surface area contributed by atoms with Crippen molar-refractivity contribution >= 4 is 8.56 Å². The zero-order valence-electron chi connectivity index (χ0n) is 18.2. The van der Waals surface area contributed by atoms with Crippen molar-refractivity contribution in [2.24, 2.45) is 5.92 Å². The van der Waals surface area contributed by atoms with Gasteiger partial charge in [0, 0.05) is 13.2 Å². The Kier molecular flexibility index (Phi) is 17.6. The molecule has 2 nitrogen and oxygen atoms in total. The summed E-state index contributed by atoms with van der Waals surface area (Å²) >= 11 is 0. The van der Waals surface area contributed by atoms with Crippen molar-refractivity contribution in [3.05, 3.63) is 0 Å². The first kappa shape index (κ1) is 25.1. The molecular weight excluding hydrogens is 324 g/mol. The Morgan fingerprint density at radius 3 is 1.52 bits per heavy atom. The standard InChI is InChI=1S/C22H48O2Si/c1-6-11-12-13-14-15-16-17-18-19-20-23-25(9-4,10-5)24-21-22(7-2)8-3/h22H,6-21H2,1-5H3. The zero-order valence-corrected chi connectivity index (χ0v) is 19.2. The van der Waals surface area contributed by atoms with Crippen molar-refractivity contribution in [2.75, 3.05) is 13.2 Å². The van der Waals surface area contributed by atoms with Crippen LogP contribution in [0.4, 0.5) is 0 Å². The fourth-order valence-electron chi connectivity index (χ4n) is 3.34. The topological polar surface area (TPSA) is 18.5 Å². The lowest BCUT2D eigenvalue weighted by Gasteiger charge is -2.30. The minimum atomic E-state index is -1.93. The van der Waals surface area contributed by atoms with Crippen LogP contribution >= 0.6 is 0 Å². The van der Waals surface area contributed by atoms with E-state index in [-0.39, 0.29) is 0 Å². The van der Waals surface area contributed by atoms with E-state index in [1.54, 1.807) is 0 Å². The monoisotopic (exact) mass is 372 g/mol. The highest BCUT2D eigenvalue weighted by Crippen LogP contribution is 2.22. The van der Waals surface area contributed by atoms with Crippen LogP contribution in [0.15, 0.2) is 0 Å². The second-order valence-corrected chi connectivity index (χ2v) is 11.5. The van der Waals surface area contributed by atoms with Gasteiger partial charge in [-0.15, -0.1) is 0 Å². The van der Waals surface area contributed by atoms with E-state index >= 15 is 0 Å². The molecule has 0 aliphatic carbocycles. The molecule has 0 fully saturated rings. The molecule has 152 valence electrons. The van der Waals surface area contributed by atoms with Gasteiger partial charge in [-0.1, -0.05) is 105 Å². The van der Waals surface area contributed by atoms with Gasteiger partial charge in [0.1, 0.15) is 0 Å². The third kappa shape index (κ3) is 13.0. The average Bonchev–Trinajstić information content (AvgIpc) is 2.65. The summed E-state index contributed by atoms with van der Waals surface area (Å²) in [7, 11) is -1.93. The molecule has 3 heteroatoms. The van der Waals surface area contributed by atoms with E-state index in [2.05, 4.69) is 34.6 Å². The summed E-state index contributed by atoms with van der Waals surface area (Å²) in [5.41, 5.74) is 0. The molecule has 0 amide bonds. The van der Waals surface area contributed by atoms with Crippen molar-refractivity contribution in [1.29, 1.82) is 0 Å². The van der Waals surface area contributed by atoms with Crippen molar-refractivity contribution in [1.82, 2.24) is 0 Å². The lowest BCUT2D eigenvalue weighted by Crippen LogP contribution is -2.42. The molecule has 0 aliphatic heterocycles. The van der Waals surface area contributed by atoms with Crippen molar-refractivity contribution in [2.45, 2.75) is 124 Å². The van der Waals surface area contributed by atoms with E-state index in [0.29, 0.717) is 5.92 Å². The molecule has 0 spiro atoms. The Balaban J connectivity index is 3.75. The molecule has 0 atom stereocenters. The van der Waals surface area contributed by atoms with E-state index in [1.807, 2.05) is 0 Å². The lowest BCUT2D eigenvalue weighted by atomic mass is 10.1. The molecular formula is C22H48O2Si.